The van der Waals surface area contributed by atoms with Crippen molar-refractivity contribution in [3.05, 3.63) is 45.4 Å². The number of hydrogen-bond donors (Lipinski definition) is 0. The van der Waals surface area contributed by atoms with Crippen LogP contribution in [0, 0.1) is 0 Å². The van der Waals surface area contributed by atoms with Crippen LogP contribution in [0.1, 0.15) is 21.5 Å². The Morgan fingerprint density at radius 1 is 0.852 bits per heavy atom. The van der Waals surface area contributed by atoms with Crippen molar-refractivity contribution in [3.63, 3.8) is 0 Å². The topological polar surface area (TPSA) is 57.2 Å². The van der Waals surface area contributed by atoms with Crippen LogP contribution in [0.4, 0.5) is 0 Å². The van der Waals surface area contributed by atoms with Crippen LogP contribution in [0.3, 0.4) is 0 Å². The van der Waals surface area contributed by atoms with Crippen molar-refractivity contribution < 1.29 is 23.7 Å². The number of halogens is 1. The lowest BCUT2D eigenvalue weighted by Gasteiger charge is -2.30. The van der Waals surface area contributed by atoms with Gasteiger partial charge in [0, 0.05) is 18.7 Å². The molecule has 0 fully saturated rings. The molecule has 2 aromatic rings. The van der Waals surface area contributed by atoms with Gasteiger partial charge in [0.1, 0.15) is 16.0 Å². The molecule has 27 heavy (non-hydrogen) atoms. The first-order valence-electron chi connectivity index (χ1n) is 8.47. The number of hydrogen-bond acceptors (Lipinski definition) is 5. The molecule has 0 unspecified atom stereocenters. The molecule has 0 saturated carbocycles. The molecule has 1 aliphatic rings. The summed E-state index contributed by atoms with van der Waals surface area (Å²) >= 11 is 3.43. The van der Waals surface area contributed by atoms with Gasteiger partial charge >= 0.3 is 0 Å². The van der Waals surface area contributed by atoms with E-state index in [0.29, 0.717) is 46.1 Å². The minimum Gasteiger partial charge on any atom is -0.495 e. The summed E-state index contributed by atoms with van der Waals surface area (Å²) in [6.07, 6.45) is 0.756. The van der Waals surface area contributed by atoms with Crippen LogP contribution in [0.25, 0.3) is 0 Å². The highest BCUT2D eigenvalue weighted by Crippen LogP contribution is 2.37. The number of methoxy groups -OCH3 is 4. The molecule has 144 valence electrons. The van der Waals surface area contributed by atoms with Gasteiger partial charge in [-0.05, 0) is 57.7 Å². The number of amides is 1. The van der Waals surface area contributed by atoms with Crippen molar-refractivity contribution >= 4 is 21.8 Å². The highest BCUT2D eigenvalue weighted by atomic mass is 79.9. The predicted molar refractivity (Wildman–Crippen MR) is 105 cm³/mol. The van der Waals surface area contributed by atoms with E-state index in [1.165, 1.54) is 5.56 Å². The van der Waals surface area contributed by atoms with Crippen LogP contribution >= 0.6 is 15.9 Å². The van der Waals surface area contributed by atoms with Gasteiger partial charge in [-0.2, -0.15) is 0 Å². The quantitative estimate of drug-likeness (QED) is 0.716. The Bertz CT molecular complexity index is 843. The number of fused-ring (bicyclic) bond motifs is 1. The maximum atomic E-state index is 13.1. The number of ether oxygens (including phenoxy) is 4. The standard InChI is InChI=1S/C20H22BrNO5/c1-24-15-7-12-5-6-22(11-14(12)10-16(15)25-2)20(23)13-8-17(26-3)19(21)18(9-13)27-4/h7-10H,5-6,11H2,1-4H3. The Hall–Kier alpha value is -2.41. The number of carbonyl (C=O) groups excluding carboxylic acids is 1. The predicted octanol–water partition coefficient (Wildman–Crippen LogP) is 3.68. The molecule has 0 saturated heterocycles. The Morgan fingerprint density at radius 2 is 1.37 bits per heavy atom. The molecule has 1 heterocycles. The van der Waals surface area contributed by atoms with E-state index < -0.39 is 0 Å². The van der Waals surface area contributed by atoms with Crippen LogP contribution < -0.4 is 18.9 Å². The van der Waals surface area contributed by atoms with E-state index in [-0.39, 0.29) is 5.91 Å². The number of carbonyl (C=O) groups is 1. The molecule has 6 nitrogen and oxygen atoms in total. The zero-order chi connectivity index (χ0) is 19.6. The molecular weight excluding hydrogens is 414 g/mol. The monoisotopic (exact) mass is 435 g/mol. The summed E-state index contributed by atoms with van der Waals surface area (Å²) in [5.74, 6) is 2.42. The van der Waals surface area contributed by atoms with Crippen LogP contribution in [-0.2, 0) is 13.0 Å². The largest absolute Gasteiger partial charge is 0.495 e. The fourth-order valence-electron chi connectivity index (χ4n) is 3.23. The van der Waals surface area contributed by atoms with Gasteiger partial charge < -0.3 is 23.8 Å². The summed E-state index contributed by atoms with van der Waals surface area (Å²) in [4.78, 5) is 14.9. The second kappa shape index (κ2) is 8.08. The summed E-state index contributed by atoms with van der Waals surface area (Å²) in [7, 11) is 6.35. The Balaban J connectivity index is 1.90. The summed E-state index contributed by atoms with van der Waals surface area (Å²) < 4.78 is 22.1. The Labute approximate surface area is 167 Å². The van der Waals surface area contributed by atoms with Gasteiger partial charge in [0.05, 0.1) is 28.4 Å². The van der Waals surface area contributed by atoms with Gasteiger partial charge in [0.2, 0.25) is 0 Å². The molecule has 0 aromatic heterocycles. The highest BCUT2D eigenvalue weighted by Gasteiger charge is 2.25. The lowest BCUT2D eigenvalue weighted by atomic mass is 9.98. The van der Waals surface area contributed by atoms with Crippen molar-refractivity contribution in [1.29, 1.82) is 0 Å². The van der Waals surface area contributed by atoms with Gasteiger partial charge in [-0.15, -0.1) is 0 Å². The SMILES string of the molecule is COc1cc2c(cc1OC)CN(C(=O)c1cc(OC)c(Br)c(OC)c1)CC2. The molecule has 0 aliphatic carbocycles. The summed E-state index contributed by atoms with van der Waals surface area (Å²) in [6, 6.07) is 7.37. The molecule has 7 heteroatoms. The normalized spacial score (nSPS) is 13.0. The first-order valence-corrected chi connectivity index (χ1v) is 9.26. The fourth-order valence-corrected chi connectivity index (χ4v) is 3.78. The fraction of sp³-hybridized carbons (Fsp3) is 0.350. The lowest BCUT2D eigenvalue weighted by Crippen LogP contribution is -2.36. The average Bonchev–Trinajstić information content (AvgIpc) is 2.71. The minimum atomic E-state index is -0.0699. The van der Waals surface area contributed by atoms with E-state index >= 15 is 0 Å². The third-order valence-corrected chi connectivity index (χ3v) is 5.48. The second-order valence-corrected chi connectivity index (χ2v) is 6.94. The maximum Gasteiger partial charge on any atom is 0.254 e. The summed E-state index contributed by atoms with van der Waals surface area (Å²) in [5, 5.41) is 0. The summed E-state index contributed by atoms with van der Waals surface area (Å²) in [5.41, 5.74) is 2.75. The highest BCUT2D eigenvalue weighted by molar-refractivity contribution is 9.10. The van der Waals surface area contributed by atoms with Gasteiger partial charge in [-0.3, -0.25) is 4.79 Å². The molecule has 1 amide bonds. The van der Waals surface area contributed by atoms with Crippen molar-refractivity contribution in [2.24, 2.45) is 0 Å². The van der Waals surface area contributed by atoms with E-state index in [1.807, 2.05) is 17.0 Å². The van der Waals surface area contributed by atoms with Crippen molar-refractivity contribution in [2.45, 2.75) is 13.0 Å². The first kappa shape index (κ1) is 19.4. The van der Waals surface area contributed by atoms with E-state index in [4.69, 9.17) is 18.9 Å². The Kier molecular flexibility index (Phi) is 5.79. The maximum absolute atomic E-state index is 13.1. The van der Waals surface area contributed by atoms with E-state index in [1.54, 1.807) is 40.6 Å². The van der Waals surface area contributed by atoms with Gasteiger partial charge in [-0.25, -0.2) is 0 Å². The van der Waals surface area contributed by atoms with Crippen LogP contribution in [-0.4, -0.2) is 45.8 Å². The minimum absolute atomic E-state index is 0.0699. The molecule has 0 spiro atoms. The van der Waals surface area contributed by atoms with Crippen molar-refractivity contribution in [2.75, 3.05) is 35.0 Å². The third kappa shape index (κ3) is 3.69. The van der Waals surface area contributed by atoms with E-state index in [9.17, 15) is 4.79 Å². The average molecular weight is 436 g/mol. The number of benzene rings is 2. The smallest absolute Gasteiger partial charge is 0.254 e. The van der Waals surface area contributed by atoms with Crippen LogP contribution in [0.5, 0.6) is 23.0 Å². The second-order valence-electron chi connectivity index (χ2n) is 6.15. The van der Waals surface area contributed by atoms with Crippen molar-refractivity contribution in [3.8, 4) is 23.0 Å². The molecular formula is C20H22BrNO5. The summed E-state index contributed by atoms with van der Waals surface area (Å²) in [6.45, 7) is 1.14. The van der Waals surface area contributed by atoms with Gasteiger partial charge in [0.15, 0.2) is 11.5 Å². The van der Waals surface area contributed by atoms with E-state index in [0.717, 1.165) is 12.0 Å². The van der Waals surface area contributed by atoms with Crippen molar-refractivity contribution in [1.82, 2.24) is 4.90 Å². The number of rotatable bonds is 5. The van der Waals surface area contributed by atoms with Gasteiger partial charge in [0.25, 0.3) is 5.91 Å². The third-order valence-electron chi connectivity index (χ3n) is 4.70. The molecule has 3 rings (SSSR count). The zero-order valence-corrected chi connectivity index (χ0v) is 17.4. The molecule has 0 bridgehead atoms. The first-order chi connectivity index (χ1) is 13.0. The molecule has 1 aliphatic heterocycles. The molecule has 2 aromatic carbocycles. The van der Waals surface area contributed by atoms with E-state index in [2.05, 4.69) is 15.9 Å². The molecule has 0 N–H and O–H groups in total. The lowest BCUT2D eigenvalue weighted by molar-refractivity contribution is 0.0733. The molecule has 0 radical (unpaired) electrons. The van der Waals surface area contributed by atoms with Crippen LogP contribution in [0.2, 0.25) is 0 Å². The zero-order valence-electron chi connectivity index (χ0n) is 15.8. The van der Waals surface area contributed by atoms with Crippen LogP contribution in [0.15, 0.2) is 28.7 Å². The number of nitrogens with zero attached hydrogens (tertiary/aromatic N) is 1. The molecule has 0 atom stereocenters. The van der Waals surface area contributed by atoms with Gasteiger partial charge in [-0.1, -0.05) is 0 Å². The Morgan fingerprint density at radius 3 is 1.89 bits per heavy atom.